The van der Waals surface area contributed by atoms with Gasteiger partial charge in [0, 0.05) is 16.6 Å². The molecule has 0 spiro atoms. The van der Waals surface area contributed by atoms with Crippen LogP contribution in [0.15, 0.2) is 36.4 Å². The molecule has 0 aromatic heterocycles. The Hall–Kier alpha value is -0.730. The third-order valence-electron chi connectivity index (χ3n) is 3.28. The molecule has 0 saturated heterocycles. The molecule has 0 fully saturated rings. The monoisotopic (exact) mass is 327 g/mol. The van der Waals surface area contributed by atoms with E-state index in [0.717, 1.165) is 17.5 Å². The van der Waals surface area contributed by atoms with Gasteiger partial charge in [0.25, 0.3) is 0 Å². The highest BCUT2D eigenvalue weighted by Gasteiger charge is 2.10. The Bertz CT molecular complexity index is 570. The average molecular weight is 329 g/mol. The van der Waals surface area contributed by atoms with Crippen molar-refractivity contribution in [2.75, 3.05) is 7.05 Å². The fraction of sp³-hybridized carbons (Fsp3) is 0.250. The van der Waals surface area contributed by atoms with Gasteiger partial charge in [-0.25, -0.2) is 0 Å². The van der Waals surface area contributed by atoms with Crippen molar-refractivity contribution in [1.82, 2.24) is 5.32 Å². The summed E-state index contributed by atoms with van der Waals surface area (Å²) in [5, 5.41) is 4.91. The van der Waals surface area contributed by atoms with Crippen molar-refractivity contribution in [3.63, 3.8) is 0 Å². The molecule has 1 atom stereocenters. The molecule has 0 heterocycles. The lowest BCUT2D eigenvalue weighted by Gasteiger charge is -2.12. The van der Waals surface area contributed by atoms with Crippen LogP contribution >= 0.6 is 34.8 Å². The van der Waals surface area contributed by atoms with Crippen molar-refractivity contribution in [3.8, 4) is 11.1 Å². The highest BCUT2D eigenvalue weighted by molar-refractivity contribution is 6.41. The first-order valence-electron chi connectivity index (χ1n) is 6.42. The van der Waals surface area contributed by atoms with Crippen LogP contribution in [-0.4, -0.2) is 13.1 Å². The molecule has 2 aromatic rings. The summed E-state index contributed by atoms with van der Waals surface area (Å²) in [4.78, 5) is 0. The maximum absolute atomic E-state index is 6.24. The van der Waals surface area contributed by atoms with E-state index >= 15 is 0 Å². The number of hydrogen-bond donors (Lipinski definition) is 1. The molecule has 0 aliphatic rings. The van der Waals surface area contributed by atoms with Crippen LogP contribution in [0.5, 0.6) is 0 Å². The van der Waals surface area contributed by atoms with Crippen molar-refractivity contribution < 1.29 is 0 Å². The number of benzene rings is 2. The maximum Gasteiger partial charge on any atom is 0.0514 e. The topological polar surface area (TPSA) is 12.0 Å². The van der Waals surface area contributed by atoms with Crippen molar-refractivity contribution in [3.05, 3.63) is 57.0 Å². The van der Waals surface area contributed by atoms with Gasteiger partial charge in [-0.2, -0.15) is 0 Å². The molecular formula is C16H16Cl3N. The maximum atomic E-state index is 6.24. The smallest absolute Gasteiger partial charge is 0.0514 e. The Kier molecular flexibility index (Phi) is 5.34. The van der Waals surface area contributed by atoms with Crippen molar-refractivity contribution in [2.45, 2.75) is 19.4 Å². The van der Waals surface area contributed by atoms with E-state index in [1.54, 1.807) is 12.1 Å². The summed E-state index contributed by atoms with van der Waals surface area (Å²) in [6.45, 7) is 2.15. The highest BCUT2D eigenvalue weighted by atomic mass is 35.5. The fourth-order valence-electron chi connectivity index (χ4n) is 2.08. The van der Waals surface area contributed by atoms with E-state index in [1.807, 2.05) is 19.2 Å². The van der Waals surface area contributed by atoms with E-state index in [2.05, 4.69) is 24.4 Å². The quantitative estimate of drug-likeness (QED) is 0.785. The largest absolute Gasteiger partial charge is 0.317 e. The summed E-state index contributed by atoms with van der Waals surface area (Å²) in [5.74, 6) is 0. The predicted molar refractivity (Wildman–Crippen MR) is 89.1 cm³/mol. The van der Waals surface area contributed by atoms with Crippen LogP contribution in [-0.2, 0) is 6.42 Å². The van der Waals surface area contributed by atoms with E-state index < -0.39 is 0 Å². The highest BCUT2D eigenvalue weighted by Crippen LogP contribution is 2.37. The molecule has 1 unspecified atom stereocenters. The van der Waals surface area contributed by atoms with Gasteiger partial charge >= 0.3 is 0 Å². The Labute approximate surface area is 134 Å². The molecular weight excluding hydrogens is 313 g/mol. The van der Waals surface area contributed by atoms with Crippen LogP contribution < -0.4 is 5.32 Å². The molecule has 0 aliphatic heterocycles. The second-order valence-corrected chi connectivity index (χ2v) is 6.09. The van der Waals surface area contributed by atoms with Crippen molar-refractivity contribution in [2.24, 2.45) is 0 Å². The molecule has 0 aliphatic carbocycles. The van der Waals surface area contributed by atoms with Crippen LogP contribution in [0.25, 0.3) is 11.1 Å². The molecule has 20 heavy (non-hydrogen) atoms. The summed E-state index contributed by atoms with van der Waals surface area (Å²) >= 11 is 18.4. The van der Waals surface area contributed by atoms with Gasteiger partial charge in [-0.05, 0) is 43.7 Å². The molecule has 4 heteroatoms. The standard InChI is InChI=1S/C16H16Cl3N/c1-10(20-2)7-11-3-5-12(6-4-11)16-14(18)8-13(17)9-15(16)19/h3-6,8-10,20H,7H2,1-2H3. The Morgan fingerprint density at radius 1 is 1.00 bits per heavy atom. The van der Waals surface area contributed by atoms with Crippen molar-refractivity contribution in [1.29, 1.82) is 0 Å². The summed E-state index contributed by atoms with van der Waals surface area (Å²) < 4.78 is 0. The minimum atomic E-state index is 0.448. The number of nitrogens with one attached hydrogen (secondary N) is 1. The first-order valence-corrected chi connectivity index (χ1v) is 7.55. The molecule has 1 N–H and O–H groups in total. The summed E-state index contributed by atoms with van der Waals surface area (Å²) in [7, 11) is 1.96. The first-order chi connectivity index (χ1) is 9.51. The first kappa shape index (κ1) is 15.7. The zero-order chi connectivity index (χ0) is 14.7. The minimum Gasteiger partial charge on any atom is -0.317 e. The van der Waals surface area contributed by atoms with E-state index in [0.29, 0.717) is 21.1 Å². The second kappa shape index (κ2) is 6.82. The van der Waals surface area contributed by atoms with Gasteiger partial charge in [0.05, 0.1) is 10.0 Å². The molecule has 0 bridgehead atoms. The summed E-state index contributed by atoms with van der Waals surface area (Å²) in [5.41, 5.74) is 3.10. The van der Waals surface area contributed by atoms with Crippen LogP contribution in [0.2, 0.25) is 15.1 Å². The zero-order valence-electron chi connectivity index (χ0n) is 11.4. The second-order valence-electron chi connectivity index (χ2n) is 4.84. The van der Waals surface area contributed by atoms with E-state index in [1.165, 1.54) is 5.56 Å². The predicted octanol–water partition coefficient (Wildman–Crippen LogP) is 5.46. The Morgan fingerprint density at radius 2 is 1.55 bits per heavy atom. The summed E-state index contributed by atoms with van der Waals surface area (Å²) in [6.07, 6.45) is 0.985. The minimum absolute atomic E-state index is 0.448. The number of halogens is 3. The van der Waals surface area contributed by atoms with E-state index in [-0.39, 0.29) is 0 Å². The van der Waals surface area contributed by atoms with E-state index in [4.69, 9.17) is 34.8 Å². The van der Waals surface area contributed by atoms with Gasteiger partial charge < -0.3 is 5.32 Å². The SMILES string of the molecule is CNC(C)Cc1ccc(-c2c(Cl)cc(Cl)cc2Cl)cc1. The summed E-state index contributed by atoms with van der Waals surface area (Å²) in [6, 6.07) is 12.2. The fourth-order valence-corrected chi connectivity index (χ4v) is 3.12. The Morgan fingerprint density at radius 3 is 2.05 bits per heavy atom. The van der Waals surface area contributed by atoms with Crippen molar-refractivity contribution >= 4 is 34.8 Å². The Balaban J connectivity index is 2.31. The van der Waals surface area contributed by atoms with Gasteiger partial charge in [-0.1, -0.05) is 59.1 Å². The molecule has 106 valence electrons. The normalized spacial score (nSPS) is 12.4. The molecule has 1 nitrogen and oxygen atoms in total. The number of rotatable bonds is 4. The lowest BCUT2D eigenvalue weighted by atomic mass is 10.0. The molecule has 0 saturated carbocycles. The third kappa shape index (κ3) is 3.67. The van der Waals surface area contributed by atoms with Crippen LogP contribution in [0, 0.1) is 0 Å². The average Bonchev–Trinajstić information content (AvgIpc) is 2.39. The van der Waals surface area contributed by atoms with E-state index in [9.17, 15) is 0 Å². The molecule has 0 radical (unpaired) electrons. The lowest BCUT2D eigenvalue weighted by molar-refractivity contribution is 0.608. The van der Waals surface area contributed by atoms with Crippen LogP contribution in [0.4, 0.5) is 0 Å². The molecule has 2 rings (SSSR count). The lowest BCUT2D eigenvalue weighted by Crippen LogP contribution is -2.23. The number of hydrogen-bond acceptors (Lipinski definition) is 1. The third-order valence-corrected chi connectivity index (χ3v) is 4.10. The van der Waals surface area contributed by atoms with Crippen LogP contribution in [0.1, 0.15) is 12.5 Å². The van der Waals surface area contributed by atoms with Gasteiger partial charge in [-0.15, -0.1) is 0 Å². The van der Waals surface area contributed by atoms with Gasteiger partial charge in [0.2, 0.25) is 0 Å². The van der Waals surface area contributed by atoms with Crippen LogP contribution in [0.3, 0.4) is 0 Å². The molecule has 2 aromatic carbocycles. The van der Waals surface area contributed by atoms with Gasteiger partial charge in [0.1, 0.15) is 0 Å². The molecule has 0 amide bonds. The van der Waals surface area contributed by atoms with Gasteiger partial charge in [0.15, 0.2) is 0 Å². The number of likely N-dealkylation sites (N-methyl/N-ethyl adjacent to an activating group) is 1. The van der Waals surface area contributed by atoms with Gasteiger partial charge in [-0.3, -0.25) is 0 Å². The zero-order valence-corrected chi connectivity index (χ0v) is 13.7.